The molecule has 20 heavy (non-hydrogen) atoms. The van der Waals surface area contributed by atoms with Crippen LogP contribution in [0.2, 0.25) is 0 Å². The standard InChI is InChI=1S/C13H13F6N/c1-7(20-11-2-3-11)8-4-9(12(14,15)16)6-10(5-8)13(17,18)19/h4-7,11,20H,2-3H2,1H3/t7-/m1/s1. The van der Waals surface area contributed by atoms with Crippen LogP contribution >= 0.6 is 0 Å². The maximum Gasteiger partial charge on any atom is 0.416 e. The number of hydrogen-bond donors (Lipinski definition) is 1. The van der Waals surface area contributed by atoms with E-state index in [9.17, 15) is 26.3 Å². The summed E-state index contributed by atoms with van der Waals surface area (Å²) >= 11 is 0. The molecule has 1 fully saturated rings. The largest absolute Gasteiger partial charge is 0.416 e. The van der Waals surface area contributed by atoms with Crippen LogP contribution in [0, 0.1) is 0 Å². The van der Waals surface area contributed by atoms with Crippen LogP contribution < -0.4 is 5.32 Å². The van der Waals surface area contributed by atoms with Gasteiger partial charge in [-0.25, -0.2) is 0 Å². The Morgan fingerprint density at radius 2 is 1.40 bits per heavy atom. The summed E-state index contributed by atoms with van der Waals surface area (Å²) in [6.45, 7) is 1.56. The predicted molar refractivity (Wildman–Crippen MR) is 61.0 cm³/mol. The Kier molecular flexibility index (Phi) is 3.75. The van der Waals surface area contributed by atoms with Crippen LogP contribution in [0.25, 0.3) is 0 Å². The minimum Gasteiger partial charge on any atom is -0.307 e. The molecule has 0 bridgehead atoms. The Balaban J connectivity index is 2.39. The Bertz CT molecular complexity index is 454. The molecule has 1 aromatic rings. The molecule has 0 unspecified atom stereocenters. The summed E-state index contributed by atoms with van der Waals surface area (Å²) in [6.07, 6.45) is -7.80. The lowest BCUT2D eigenvalue weighted by atomic mass is 10.0. The molecule has 1 aliphatic rings. The molecule has 7 heteroatoms. The van der Waals surface area contributed by atoms with Gasteiger partial charge in [0.25, 0.3) is 0 Å². The normalized spacial score (nSPS) is 18.1. The zero-order valence-electron chi connectivity index (χ0n) is 10.6. The van der Waals surface area contributed by atoms with Gasteiger partial charge in [0.05, 0.1) is 11.1 Å². The van der Waals surface area contributed by atoms with Crippen molar-refractivity contribution in [1.82, 2.24) is 5.32 Å². The highest BCUT2D eigenvalue weighted by Gasteiger charge is 2.37. The van der Waals surface area contributed by atoms with E-state index in [1.165, 1.54) is 0 Å². The topological polar surface area (TPSA) is 12.0 Å². The van der Waals surface area contributed by atoms with Crippen LogP contribution in [0.5, 0.6) is 0 Å². The molecule has 0 saturated heterocycles. The molecule has 0 heterocycles. The van der Waals surface area contributed by atoms with Crippen LogP contribution in [-0.4, -0.2) is 6.04 Å². The third kappa shape index (κ3) is 3.65. The van der Waals surface area contributed by atoms with Crippen LogP contribution in [0.3, 0.4) is 0 Å². The number of benzene rings is 1. The molecule has 0 spiro atoms. The molecule has 0 aliphatic heterocycles. The van der Waals surface area contributed by atoms with Gasteiger partial charge < -0.3 is 5.32 Å². The number of rotatable bonds is 3. The highest BCUT2D eigenvalue weighted by molar-refractivity contribution is 5.35. The first kappa shape index (κ1) is 15.2. The number of alkyl halides is 6. The molecule has 1 saturated carbocycles. The molecule has 1 N–H and O–H groups in total. The average molecular weight is 297 g/mol. The van der Waals surface area contributed by atoms with Gasteiger partial charge in [-0.1, -0.05) is 0 Å². The van der Waals surface area contributed by atoms with Crippen molar-refractivity contribution < 1.29 is 26.3 Å². The maximum absolute atomic E-state index is 12.7. The molecule has 2 rings (SSSR count). The fourth-order valence-corrected chi connectivity index (χ4v) is 1.93. The van der Waals surface area contributed by atoms with Gasteiger partial charge in [-0.15, -0.1) is 0 Å². The second kappa shape index (κ2) is 4.95. The Hall–Kier alpha value is -1.24. The summed E-state index contributed by atoms with van der Waals surface area (Å²) in [5.41, 5.74) is -2.54. The number of hydrogen-bond acceptors (Lipinski definition) is 1. The lowest BCUT2D eigenvalue weighted by Crippen LogP contribution is -2.22. The molecule has 1 aromatic carbocycles. The third-order valence-corrected chi connectivity index (χ3v) is 3.17. The first-order valence-electron chi connectivity index (χ1n) is 6.13. The minimum atomic E-state index is -4.80. The smallest absolute Gasteiger partial charge is 0.307 e. The van der Waals surface area contributed by atoms with Crippen LogP contribution in [-0.2, 0) is 12.4 Å². The summed E-state index contributed by atoms with van der Waals surface area (Å²) < 4.78 is 76.1. The molecular weight excluding hydrogens is 284 g/mol. The van der Waals surface area contributed by atoms with E-state index in [0.717, 1.165) is 25.0 Å². The van der Waals surface area contributed by atoms with E-state index in [4.69, 9.17) is 0 Å². The molecule has 1 aliphatic carbocycles. The maximum atomic E-state index is 12.7. The van der Waals surface area contributed by atoms with E-state index in [1.807, 2.05) is 0 Å². The van der Waals surface area contributed by atoms with Gasteiger partial charge in [-0.2, -0.15) is 26.3 Å². The quantitative estimate of drug-likeness (QED) is 0.808. The second-order valence-corrected chi connectivity index (χ2v) is 5.00. The highest BCUT2D eigenvalue weighted by atomic mass is 19.4. The zero-order valence-corrected chi connectivity index (χ0v) is 10.6. The van der Waals surface area contributed by atoms with Crippen molar-refractivity contribution in [2.24, 2.45) is 0 Å². The van der Waals surface area contributed by atoms with Gasteiger partial charge in [0.2, 0.25) is 0 Å². The summed E-state index contributed by atoms with van der Waals surface area (Å²) in [4.78, 5) is 0. The summed E-state index contributed by atoms with van der Waals surface area (Å²) in [6, 6.07) is 1.33. The predicted octanol–water partition coefficient (Wildman–Crippen LogP) is 4.54. The third-order valence-electron chi connectivity index (χ3n) is 3.17. The van der Waals surface area contributed by atoms with Crippen molar-refractivity contribution in [2.75, 3.05) is 0 Å². The summed E-state index contributed by atoms with van der Waals surface area (Å²) in [5.74, 6) is 0. The summed E-state index contributed by atoms with van der Waals surface area (Å²) in [5, 5.41) is 2.99. The Morgan fingerprint density at radius 3 is 1.75 bits per heavy atom. The van der Waals surface area contributed by atoms with E-state index >= 15 is 0 Å². The van der Waals surface area contributed by atoms with Crippen LogP contribution in [0.1, 0.15) is 42.5 Å². The second-order valence-electron chi connectivity index (χ2n) is 5.00. The molecule has 1 nitrogen and oxygen atoms in total. The van der Waals surface area contributed by atoms with E-state index in [0.29, 0.717) is 0 Å². The fraction of sp³-hybridized carbons (Fsp3) is 0.538. The number of halogens is 6. The Labute approximate surface area is 112 Å². The van der Waals surface area contributed by atoms with Crippen molar-refractivity contribution in [1.29, 1.82) is 0 Å². The van der Waals surface area contributed by atoms with Crippen LogP contribution in [0.15, 0.2) is 18.2 Å². The molecule has 0 radical (unpaired) electrons. The van der Waals surface area contributed by atoms with Crippen molar-refractivity contribution >= 4 is 0 Å². The molecular formula is C13H13F6N. The van der Waals surface area contributed by atoms with Gasteiger partial charge in [0.15, 0.2) is 0 Å². The van der Waals surface area contributed by atoms with E-state index in [1.54, 1.807) is 6.92 Å². The first-order valence-corrected chi connectivity index (χ1v) is 6.13. The van der Waals surface area contributed by atoms with E-state index in [-0.39, 0.29) is 17.7 Å². The molecule has 112 valence electrons. The summed E-state index contributed by atoms with van der Waals surface area (Å²) in [7, 11) is 0. The molecule has 1 atom stereocenters. The lowest BCUT2D eigenvalue weighted by molar-refractivity contribution is -0.143. The number of nitrogens with one attached hydrogen (secondary N) is 1. The van der Waals surface area contributed by atoms with Crippen LogP contribution in [0.4, 0.5) is 26.3 Å². The first-order chi connectivity index (χ1) is 9.07. The van der Waals surface area contributed by atoms with Gasteiger partial charge in [0, 0.05) is 12.1 Å². The van der Waals surface area contributed by atoms with E-state index < -0.39 is 29.5 Å². The van der Waals surface area contributed by atoms with Crippen molar-refractivity contribution in [3.8, 4) is 0 Å². The minimum absolute atomic E-state index is 0.000880. The van der Waals surface area contributed by atoms with Crippen molar-refractivity contribution in [3.63, 3.8) is 0 Å². The zero-order chi connectivity index (χ0) is 15.1. The highest BCUT2D eigenvalue weighted by Crippen LogP contribution is 2.37. The van der Waals surface area contributed by atoms with Gasteiger partial charge in [-0.3, -0.25) is 0 Å². The fourth-order valence-electron chi connectivity index (χ4n) is 1.93. The SMILES string of the molecule is C[C@@H](NC1CC1)c1cc(C(F)(F)F)cc(C(F)(F)F)c1. The van der Waals surface area contributed by atoms with Gasteiger partial charge >= 0.3 is 12.4 Å². The van der Waals surface area contributed by atoms with Crippen molar-refractivity contribution in [2.45, 2.75) is 44.2 Å². The molecule has 0 aromatic heterocycles. The molecule has 0 amide bonds. The van der Waals surface area contributed by atoms with Gasteiger partial charge in [-0.05, 0) is 43.5 Å². The Morgan fingerprint density at radius 1 is 0.950 bits per heavy atom. The lowest BCUT2D eigenvalue weighted by Gasteiger charge is -2.18. The van der Waals surface area contributed by atoms with Gasteiger partial charge in [0.1, 0.15) is 0 Å². The average Bonchev–Trinajstić information content (AvgIpc) is 3.10. The van der Waals surface area contributed by atoms with Crippen molar-refractivity contribution in [3.05, 3.63) is 34.9 Å². The monoisotopic (exact) mass is 297 g/mol. The van der Waals surface area contributed by atoms with E-state index in [2.05, 4.69) is 5.32 Å².